The van der Waals surface area contributed by atoms with Gasteiger partial charge in [0.2, 0.25) is 0 Å². The summed E-state index contributed by atoms with van der Waals surface area (Å²) in [6.07, 6.45) is -3.45. The number of halogens is 4. The number of fused-ring (bicyclic) bond motifs is 1. The Balaban J connectivity index is 1.74. The number of alkyl halides is 3. The molecule has 0 unspecified atom stereocenters. The van der Waals surface area contributed by atoms with Gasteiger partial charge in [-0.2, -0.15) is 30.8 Å². The van der Waals surface area contributed by atoms with Crippen LogP contribution in [0.4, 0.5) is 18.9 Å². The Morgan fingerprint density at radius 1 is 1.00 bits per heavy atom. The van der Waals surface area contributed by atoms with Crippen LogP contribution in [0.5, 0.6) is 0 Å². The third-order valence-corrected chi connectivity index (χ3v) is 7.48. The van der Waals surface area contributed by atoms with E-state index in [1.807, 2.05) is 26.8 Å². The number of anilines is 1. The second-order valence-corrected chi connectivity index (χ2v) is 11.3. The number of benzene rings is 3. The van der Waals surface area contributed by atoms with Crippen molar-refractivity contribution < 1.29 is 26.4 Å². The van der Waals surface area contributed by atoms with Gasteiger partial charge < -0.3 is 5.32 Å². The Labute approximate surface area is 210 Å². The summed E-state index contributed by atoms with van der Waals surface area (Å²) in [6.45, 7) is 5.88. The number of carbonyl (C=O) groups excluding carboxylic acids is 1. The Morgan fingerprint density at radius 3 is 2.36 bits per heavy atom. The number of carbonyl (C=O) groups is 1. The molecule has 0 aliphatic carbocycles. The quantitative estimate of drug-likeness (QED) is 0.323. The van der Waals surface area contributed by atoms with Crippen LogP contribution in [-0.2, 0) is 21.6 Å². The Kier molecular flexibility index (Phi) is 6.38. The predicted octanol–water partition coefficient (Wildman–Crippen LogP) is 6.50. The summed E-state index contributed by atoms with van der Waals surface area (Å²) in [5.74, 6) is -1.08. The number of hydrogen-bond donors (Lipinski definition) is 1. The van der Waals surface area contributed by atoms with Crippen LogP contribution >= 0.6 is 11.6 Å². The van der Waals surface area contributed by atoms with Gasteiger partial charge in [-0.05, 0) is 53.4 Å². The molecule has 1 amide bonds. The highest BCUT2D eigenvalue weighted by atomic mass is 35.5. The second-order valence-electron chi connectivity index (χ2n) is 9.16. The van der Waals surface area contributed by atoms with Crippen LogP contribution in [0, 0.1) is 0 Å². The van der Waals surface area contributed by atoms with Crippen LogP contribution in [0.3, 0.4) is 0 Å². The van der Waals surface area contributed by atoms with E-state index in [1.54, 1.807) is 12.1 Å². The van der Waals surface area contributed by atoms with Crippen molar-refractivity contribution in [2.45, 2.75) is 37.3 Å². The Bertz CT molecular complexity index is 1590. The zero-order valence-corrected chi connectivity index (χ0v) is 21.0. The fourth-order valence-electron chi connectivity index (χ4n) is 3.67. The summed E-state index contributed by atoms with van der Waals surface area (Å²) in [5, 5.41) is 6.49. The van der Waals surface area contributed by atoms with Gasteiger partial charge in [0.05, 0.1) is 32.8 Å². The molecule has 0 radical (unpaired) electrons. The summed E-state index contributed by atoms with van der Waals surface area (Å²) in [6, 6.07) is 13.8. The van der Waals surface area contributed by atoms with E-state index < -0.39 is 33.2 Å². The Morgan fingerprint density at radius 2 is 1.69 bits per heavy atom. The molecule has 11 heteroatoms. The highest BCUT2D eigenvalue weighted by Crippen LogP contribution is 2.35. The first kappa shape index (κ1) is 25.7. The molecule has 0 bridgehead atoms. The van der Waals surface area contributed by atoms with Gasteiger partial charge in [0.25, 0.3) is 15.9 Å². The summed E-state index contributed by atoms with van der Waals surface area (Å²) in [5.41, 5.74) is -1.17. The number of rotatable bonds is 4. The van der Waals surface area contributed by atoms with E-state index in [0.29, 0.717) is 5.39 Å². The van der Waals surface area contributed by atoms with Crippen molar-refractivity contribution in [3.63, 3.8) is 0 Å². The topological polar surface area (TPSA) is 81.1 Å². The molecule has 1 heterocycles. The normalized spacial score (nSPS) is 12.6. The molecule has 0 saturated heterocycles. The third kappa shape index (κ3) is 4.83. The zero-order valence-electron chi connectivity index (χ0n) is 19.4. The van der Waals surface area contributed by atoms with Gasteiger partial charge in [-0.15, -0.1) is 0 Å². The van der Waals surface area contributed by atoms with Crippen LogP contribution in [0.25, 0.3) is 10.9 Å². The first-order valence-electron chi connectivity index (χ1n) is 10.7. The van der Waals surface area contributed by atoms with Gasteiger partial charge in [-0.25, -0.2) is 0 Å². The van der Waals surface area contributed by atoms with Crippen molar-refractivity contribution in [2.75, 3.05) is 5.32 Å². The average molecular weight is 536 g/mol. The maximum Gasteiger partial charge on any atom is 0.417 e. The molecule has 4 aromatic rings. The molecule has 0 spiro atoms. The fourth-order valence-corrected chi connectivity index (χ4v) is 5.25. The maximum absolute atomic E-state index is 13.4. The number of amides is 1. The van der Waals surface area contributed by atoms with Crippen molar-refractivity contribution in [1.29, 1.82) is 0 Å². The zero-order chi connectivity index (χ0) is 26.5. The van der Waals surface area contributed by atoms with Gasteiger partial charge in [-0.3, -0.25) is 4.79 Å². The molecular formula is C25H21ClF3N3O3S. The predicted molar refractivity (Wildman–Crippen MR) is 132 cm³/mol. The fraction of sp³-hybridized carbons (Fsp3) is 0.200. The lowest BCUT2D eigenvalue weighted by molar-refractivity contribution is -0.137. The van der Waals surface area contributed by atoms with Crippen molar-refractivity contribution in [3.05, 3.63) is 88.6 Å². The molecule has 0 aliphatic heterocycles. The molecule has 0 aliphatic rings. The second kappa shape index (κ2) is 8.94. The minimum absolute atomic E-state index is 0.0280. The number of hydrogen-bond acceptors (Lipinski definition) is 4. The lowest BCUT2D eigenvalue weighted by Crippen LogP contribution is -2.19. The number of nitrogens with one attached hydrogen (secondary N) is 1. The molecule has 36 heavy (non-hydrogen) atoms. The standard InChI is InChI=1S/C25H21ClF3N3O3S/c1-24(2,3)16-6-4-7-18(12-16)36(34,35)32-21-13-17(11-10-15(21)14-30-32)31-23(33)22-19(25(27,28)29)8-5-9-20(22)26/h4-14H,1-3H3,(H,31,33). The van der Waals surface area contributed by atoms with Gasteiger partial charge >= 0.3 is 6.18 Å². The molecule has 0 atom stereocenters. The number of aromatic nitrogens is 2. The van der Waals surface area contributed by atoms with Crippen LogP contribution < -0.4 is 5.32 Å². The minimum atomic E-state index is -4.80. The number of nitrogens with zero attached hydrogens (tertiary/aromatic N) is 2. The van der Waals surface area contributed by atoms with Gasteiger partial charge in [0.1, 0.15) is 0 Å². The summed E-state index contributed by atoms with van der Waals surface area (Å²) in [7, 11) is -4.11. The SMILES string of the molecule is CC(C)(C)c1cccc(S(=O)(=O)n2ncc3ccc(NC(=O)c4c(Cl)cccc4C(F)(F)F)cc32)c1. The van der Waals surface area contributed by atoms with Gasteiger partial charge in [0.15, 0.2) is 0 Å². The highest BCUT2D eigenvalue weighted by Gasteiger charge is 2.36. The van der Waals surface area contributed by atoms with Crippen LogP contribution in [-0.4, -0.2) is 23.5 Å². The smallest absolute Gasteiger partial charge is 0.322 e. The van der Waals surface area contributed by atoms with E-state index in [4.69, 9.17) is 11.6 Å². The molecule has 4 rings (SSSR count). The highest BCUT2D eigenvalue weighted by molar-refractivity contribution is 7.90. The molecule has 0 saturated carbocycles. The van der Waals surface area contributed by atoms with Crippen molar-refractivity contribution in [3.8, 4) is 0 Å². The molecule has 1 N–H and O–H groups in total. The first-order valence-corrected chi connectivity index (χ1v) is 12.5. The first-order chi connectivity index (χ1) is 16.7. The summed E-state index contributed by atoms with van der Waals surface area (Å²) in [4.78, 5) is 12.8. The van der Waals surface area contributed by atoms with Crippen molar-refractivity contribution in [1.82, 2.24) is 9.19 Å². The molecule has 3 aromatic carbocycles. The van der Waals surface area contributed by atoms with E-state index in [9.17, 15) is 26.4 Å². The molecule has 1 aromatic heterocycles. The Hall–Kier alpha value is -3.37. The van der Waals surface area contributed by atoms with Crippen LogP contribution in [0.2, 0.25) is 5.02 Å². The minimum Gasteiger partial charge on any atom is -0.322 e. The van der Waals surface area contributed by atoms with Crippen LogP contribution in [0.1, 0.15) is 42.3 Å². The van der Waals surface area contributed by atoms with E-state index in [2.05, 4.69) is 10.4 Å². The molecule has 188 valence electrons. The van der Waals surface area contributed by atoms with Crippen molar-refractivity contribution >= 4 is 44.1 Å². The molecule has 6 nitrogen and oxygen atoms in total. The lowest BCUT2D eigenvalue weighted by Gasteiger charge is -2.19. The van der Waals surface area contributed by atoms with Crippen molar-refractivity contribution in [2.24, 2.45) is 0 Å². The third-order valence-electron chi connectivity index (χ3n) is 5.57. The molecular weight excluding hydrogens is 515 g/mol. The van der Waals surface area contributed by atoms with Gasteiger partial charge in [-0.1, -0.05) is 50.6 Å². The monoisotopic (exact) mass is 535 g/mol. The van der Waals surface area contributed by atoms with E-state index in [0.717, 1.165) is 21.8 Å². The maximum atomic E-state index is 13.4. The van der Waals surface area contributed by atoms with Crippen LogP contribution in [0.15, 0.2) is 71.8 Å². The van der Waals surface area contributed by atoms with E-state index in [1.165, 1.54) is 36.5 Å². The average Bonchev–Trinajstić information content (AvgIpc) is 3.22. The lowest BCUT2D eigenvalue weighted by atomic mass is 9.87. The summed E-state index contributed by atoms with van der Waals surface area (Å²) >= 11 is 5.92. The summed E-state index contributed by atoms with van der Waals surface area (Å²) < 4.78 is 67.9. The van der Waals surface area contributed by atoms with E-state index >= 15 is 0 Å². The largest absolute Gasteiger partial charge is 0.417 e. The molecule has 0 fully saturated rings. The van der Waals surface area contributed by atoms with E-state index in [-0.39, 0.29) is 26.5 Å². The van der Waals surface area contributed by atoms with Gasteiger partial charge in [0, 0.05) is 11.1 Å².